The molecule has 1 aromatic carbocycles. The van der Waals surface area contributed by atoms with Crippen molar-refractivity contribution in [1.82, 2.24) is 25.4 Å². The standard InChI is InChI=1S/C25H27N5O2/c1-14(15-5-7-16(8-6-15)23(31)26-4)30-13-18-9-17(12-27-22(18)24(30)32)21-19-10-25(2,3)11-20(19)28-29-21/h5-9,12,14H,10-11,13H2,1-4H3,(H,26,31)(H,28,29). The van der Waals surface area contributed by atoms with Crippen molar-refractivity contribution in [3.8, 4) is 11.3 Å². The molecule has 1 atom stereocenters. The van der Waals surface area contributed by atoms with Crippen molar-refractivity contribution >= 4 is 11.8 Å². The first-order valence-electron chi connectivity index (χ1n) is 11.0. The molecule has 164 valence electrons. The lowest BCUT2D eigenvalue weighted by molar-refractivity contribution is 0.0711. The number of pyridine rings is 1. The Morgan fingerprint density at radius 3 is 2.66 bits per heavy atom. The van der Waals surface area contributed by atoms with Gasteiger partial charge in [-0.1, -0.05) is 26.0 Å². The highest BCUT2D eigenvalue weighted by Gasteiger charge is 2.35. The van der Waals surface area contributed by atoms with Crippen LogP contribution in [0.25, 0.3) is 11.3 Å². The first-order chi connectivity index (χ1) is 15.3. The summed E-state index contributed by atoms with van der Waals surface area (Å²) in [4.78, 5) is 31.2. The smallest absolute Gasteiger partial charge is 0.273 e. The van der Waals surface area contributed by atoms with Gasteiger partial charge in [0.1, 0.15) is 5.69 Å². The predicted octanol–water partition coefficient (Wildman–Crippen LogP) is 3.67. The molecule has 1 aliphatic heterocycles. The zero-order chi connectivity index (χ0) is 22.6. The molecule has 1 unspecified atom stereocenters. The summed E-state index contributed by atoms with van der Waals surface area (Å²) in [6.45, 7) is 7.04. The Kier molecular flexibility index (Phi) is 4.65. The quantitative estimate of drug-likeness (QED) is 0.662. The Labute approximate surface area is 187 Å². The molecule has 5 rings (SSSR count). The number of carbonyl (C=O) groups excluding carboxylic acids is 2. The van der Waals surface area contributed by atoms with E-state index in [9.17, 15) is 9.59 Å². The van der Waals surface area contributed by atoms with Gasteiger partial charge in [-0.15, -0.1) is 0 Å². The third kappa shape index (κ3) is 3.28. The number of fused-ring (bicyclic) bond motifs is 2. The molecular weight excluding hydrogens is 402 g/mol. The van der Waals surface area contributed by atoms with Gasteiger partial charge in [-0.05, 0) is 48.9 Å². The highest BCUT2D eigenvalue weighted by atomic mass is 16.2. The van der Waals surface area contributed by atoms with Crippen molar-refractivity contribution in [3.63, 3.8) is 0 Å². The van der Waals surface area contributed by atoms with Gasteiger partial charge in [0, 0.05) is 47.7 Å². The largest absolute Gasteiger partial charge is 0.355 e. The second-order valence-electron chi connectivity index (χ2n) is 9.59. The molecular formula is C25H27N5O2. The Balaban J connectivity index is 1.39. The minimum atomic E-state index is -0.130. The number of nitrogens with zero attached hydrogens (tertiary/aromatic N) is 3. The number of aromatic amines is 1. The normalized spacial score (nSPS) is 17.2. The van der Waals surface area contributed by atoms with Crippen LogP contribution < -0.4 is 5.32 Å². The van der Waals surface area contributed by atoms with E-state index in [1.807, 2.05) is 24.0 Å². The van der Waals surface area contributed by atoms with Gasteiger partial charge in [0.25, 0.3) is 11.8 Å². The van der Waals surface area contributed by atoms with Crippen molar-refractivity contribution in [2.24, 2.45) is 5.41 Å². The summed E-state index contributed by atoms with van der Waals surface area (Å²) in [5, 5.41) is 10.4. The predicted molar refractivity (Wildman–Crippen MR) is 121 cm³/mol. The number of hydrogen-bond donors (Lipinski definition) is 2. The molecule has 2 aromatic heterocycles. The highest BCUT2D eigenvalue weighted by Crippen LogP contribution is 2.40. The molecule has 0 radical (unpaired) electrons. The second-order valence-corrected chi connectivity index (χ2v) is 9.59. The molecule has 0 spiro atoms. The second kappa shape index (κ2) is 7.29. The van der Waals surface area contributed by atoms with Gasteiger partial charge in [0.2, 0.25) is 0 Å². The summed E-state index contributed by atoms with van der Waals surface area (Å²) in [5.74, 6) is -0.193. The molecule has 0 saturated carbocycles. The highest BCUT2D eigenvalue weighted by molar-refractivity contribution is 5.97. The maximum atomic E-state index is 13.1. The molecule has 0 bridgehead atoms. The molecule has 1 aliphatic carbocycles. The van der Waals surface area contributed by atoms with Gasteiger partial charge in [-0.2, -0.15) is 5.10 Å². The lowest BCUT2D eigenvalue weighted by Gasteiger charge is -2.24. The Hall–Kier alpha value is -3.48. The van der Waals surface area contributed by atoms with Gasteiger partial charge in [0.05, 0.1) is 11.7 Å². The fraction of sp³-hybridized carbons (Fsp3) is 0.360. The number of aromatic nitrogens is 3. The van der Waals surface area contributed by atoms with Gasteiger partial charge in [0.15, 0.2) is 0 Å². The minimum Gasteiger partial charge on any atom is -0.355 e. The van der Waals surface area contributed by atoms with Crippen LogP contribution in [-0.2, 0) is 19.4 Å². The lowest BCUT2D eigenvalue weighted by atomic mass is 9.90. The monoisotopic (exact) mass is 429 g/mol. The number of H-pyrrole nitrogens is 1. The van der Waals surface area contributed by atoms with Crippen LogP contribution in [0.4, 0.5) is 0 Å². The molecule has 7 heteroatoms. The third-order valence-electron chi connectivity index (χ3n) is 6.66. The fourth-order valence-corrected chi connectivity index (χ4v) is 4.89. The molecule has 7 nitrogen and oxygen atoms in total. The summed E-state index contributed by atoms with van der Waals surface area (Å²) >= 11 is 0. The molecule has 3 aromatic rings. The molecule has 3 heterocycles. The molecule has 32 heavy (non-hydrogen) atoms. The van der Waals surface area contributed by atoms with Crippen LogP contribution in [0, 0.1) is 5.41 Å². The lowest BCUT2D eigenvalue weighted by Crippen LogP contribution is -2.27. The van der Waals surface area contributed by atoms with Crippen LogP contribution in [0.15, 0.2) is 36.5 Å². The number of benzene rings is 1. The maximum absolute atomic E-state index is 13.1. The summed E-state index contributed by atoms with van der Waals surface area (Å²) in [7, 11) is 1.61. The van der Waals surface area contributed by atoms with Crippen LogP contribution in [0.1, 0.15) is 70.0 Å². The van der Waals surface area contributed by atoms with Crippen molar-refractivity contribution in [1.29, 1.82) is 0 Å². The SMILES string of the molecule is CNC(=O)c1ccc(C(C)N2Cc3cc(-c4n[nH]c5c4CC(C)(C)C5)cnc3C2=O)cc1. The van der Waals surface area contributed by atoms with Gasteiger partial charge in [-0.3, -0.25) is 19.7 Å². The van der Waals surface area contributed by atoms with Crippen LogP contribution in [-0.4, -0.2) is 38.9 Å². The molecule has 2 N–H and O–H groups in total. The van der Waals surface area contributed by atoms with Gasteiger partial charge >= 0.3 is 0 Å². The van der Waals surface area contributed by atoms with Crippen molar-refractivity contribution in [2.75, 3.05) is 7.05 Å². The van der Waals surface area contributed by atoms with E-state index in [0.717, 1.165) is 35.2 Å². The molecule has 0 fully saturated rings. The number of hydrogen-bond acceptors (Lipinski definition) is 4. The van der Waals surface area contributed by atoms with Crippen LogP contribution >= 0.6 is 0 Å². The average Bonchev–Trinajstić information content (AvgIpc) is 3.41. The van der Waals surface area contributed by atoms with E-state index in [0.29, 0.717) is 17.8 Å². The summed E-state index contributed by atoms with van der Waals surface area (Å²) in [5.41, 5.74) is 7.62. The minimum absolute atomic E-state index is 0.0668. The Morgan fingerprint density at radius 1 is 1.19 bits per heavy atom. The molecule has 2 aliphatic rings. The van der Waals surface area contributed by atoms with E-state index in [1.54, 1.807) is 25.4 Å². The Morgan fingerprint density at radius 2 is 1.94 bits per heavy atom. The number of nitrogens with one attached hydrogen (secondary N) is 2. The zero-order valence-electron chi connectivity index (χ0n) is 18.8. The van der Waals surface area contributed by atoms with E-state index >= 15 is 0 Å². The topological polar surface area (TPSA) is 91.0 Å². The van der Waals surface area contributed by atoms with Crippen LogP contribution in [0.2, 0.25) is 0 Å². The first kappa shape index (κ1) is 20.4. The van der Waals surface area contributed by atoms with Crippen molar-refractivity contribution in [3.05, 3.63) is 70.2 Å². The summed E-state index contributed by atoms with van der Waals surface area (Å²) in [6.07, 6.45) is 3.75. The fourth-order valence-electron chi connectivity index (χ4n) is 4.89. The van der Waals surface area contributed by atoms with Crippen LogP contribution in [0.5, 0.6) is 0 Å². The van der Waals surface area contributed by atoms with E-state index in [4.69, 9.17) is 0 Å². The maximum Gasteiger partial charge on any atom is 0.273 e. The van der Waals surface area contributed by atoms with E-state index in [1.165, 1.54) is 11.3 Å². The zero-order valence-corrected chi connectivity index (χ0v) is 18.8. The number of amides is 2. The van der Waals surface area contributed by atoms with Gasteiger partial charge < -0.3 is 10.2 Å². The third-order valence-corrected chi connectivity index (χ3v) is 6.66. The van der Waals surface area contributed by atoms with E-state index in [2.05, 4.69) is 40.4 Å². The molecule has 0 saturated heterocycles. The van der Waals surface area contributed by atoms with Gasteiger partial charge in [-0.25, -0.2) is 0 Å². The van der Waals surface area contributed by atoms with E-state index < -0.39 is 0 Å². The Bertz CT molecular complexity index is 1230. The summed E-state index contributed by atoms with van der Waals surface area (Å²) in [6, 6.07) is 9.30. The number of carbonyl (C=O) groups is 2. The number of rotatable bonds is 4. The van der Waals surface area contributed by atoms with Crippen molar-refractivity contribution in [2.45, 2.75) is 46.2 Å². The first-order valence-corrected chi connectivity index (χ1v) is 11.0. The average molecular weight is 430 g/mol. The van der Waals surface area contributed by atoms with E-state index in [-0.39, 0.29) is 23.3 Å². The van der Waals surface area contributed by atoms with Crippen LogP contribution in [0.3, 0.4) is 0 Å². The van der Waals surface area contributed by atoms with Crippen molar-refractivity contribution < 1.29 is 9.59 Å². The molecule has 2 amide bonds. The summed E-state index contributed by atoms with van der Waals surface area (Å²) < 4.78 is 0.